The number of nitrogens with zero attached hydrogens (tertiary/aromatic N) is 2. The molecule has 1 rings (SSSR count). The van der Waals surface area contributed by atoms with Crippen molar-refractivity contribution in [3.05, 3.63) is 28.3 Å². The summed E-state index contributed by atoms with van der Waals surface area (Å²) in [4.78, 5) is 9.95. The number of nitro groups is 1. The zero-order valence-electron chi connectivity index (χ0n) is 11.9. The molecule has 0 atom stereocenters. The van der Waals surface area contributed by atoms with Crippen LogP contribution in [0.25, 0.3) is 0 Å². The van der Waals surface area contributed by atoms with Crippen molar-refractivity contribution in [1.29, 1.82) is 0 Å². The first kappa shape index (κ1) is 17.3. The summed E-state index contributed by atoms with van der Waals surface area (Å²) in [6.45, 7) is 1.73. The largest absolute Gasteiger partial charge is 0.497 e. The smallest absolute Gasteiger partial charge is 0.293 e. The van der Waals surface area contributed by atoms with Gasteiger partial charge in [-0.25, -0.2) is 8.42 Å². The first-order chi connectivity index (χ1) is 9.88. The van der Waals surface area contributed by atoms with Crippen LogP contribution in [0.15, 0.2) is 23.1 Å². The van der Waals surface area contributed by atoms with E-state index in [0.29, 0.717) is 0 Å². The molecule has 0 aliphatic heterocycles. The second kappa shape index (κ2) is 7.34. The van der Waals surface area contributed by atoms with Gasteiger partial charge in [-0.15, -0.1) is 0 Å². The minimum absolute atomic E-state index is 0.0958. The van der Waals surface area contributed by atoms with E-state index in [2.05, 4.69) is 0 Å². The molecule has 118 valence electrons. The maximum Gasteiger partial charge on any atom is 0.293 e. The Morgan fingerprint density at radius 2 is 2.10 bits per heavy atom. The highest BCUT2D eigenvalue weighted by molar-refractivity contribution is 7.89. The van der Waals surface area contributed by atoms with E-state index >= 15 is 0 Å². The average Bonchev–Trinajstić information content (AvgIpc) is 2.47. The molecule has 0 bridgehead atoms. The van der Waals surface area contributed by atoms with E-state index < -0.39 is 20.6 Å². The third-order valence-corrected chi connectivity index (χ3v) is 4.92. The zero-order valence-corrected chi connectivity index (χ0v) is 12.7. The fourth-order valence-electron chi connectivity index (χ4n) is 1.82. The van der Waals surface area contributed by atoms with E-state index in [4.69, 9.17) is 9.84 Å². The first-order valence-electron chi connectivity index (χ1n) is 6.31. The number of aliphatic hydroxyl groups is 1. The SMILES string of the molecule is CCN(CCCO)S(=O)(=O)c1ccc(OC)cc1[N+](=O)[O-]. The molecule has 0 heterocycles. The maximum atomic E-state index is 12.5. The lowest BCUT2D eigenvalue weighted by molar-refractivity contribution is -0.387. The molecule has 8 nitrogen and oxygen atoms in total. The van der Waals surface area contributed by atoms with Crippen LogP contribution in [0.2, 0.25) is 0 Å². The summed E-state index contributed by atoms with van der Waals surface area (Å²) in [5.41, 5.74) is -0.531. The second-order valence-corrected chi connectivity index (χ2v) is 6.07. The van der Waals surface area contributed by atoms with E-state index in [1.165, 1.54) is 13.2 Å². The van der Waals surface area contributed by atoms with Gasteiger partial charge in [0.1, 0.15) is 5.75 Å². The summed E-state index contributed by atoms with van der Waals surface area (Å²) in [7, 11) is -2.66. The predicted octanol–water partition coefficient (Wildman–Crippen LogP) is 0.996. The van der Waals surface area contributed by atoms with E-state index in [1.807, 2.05) is 0 Å². The van der Waals surface area contributed by atoms with Crippen molar-refractivity contribution < 1.29 is 23.2 Å². The highest BCUT2D eigenvalue weighted by Crippen LogP contribution is 2.30. The summed E-state index contributed by atoms with van der Waals surface area (Å²) in [6.07, 6.45) is 0.261. The molecule has 1 aromatic carbocycles. The van der Waals surface area contributed by atoms with Crippen LogP contribution in [-0.4, -0.2) is 49.6 Å². The summed E-state index contributed by atoms with van der Waals surface area (Å²) >= 11 is 0. The fourth-order valence-corrected chi connectivity index (χ4v) is 3.44. The summed E-state index contributed by atoms with van der Waals surface area (Å²) in [5, 5.41) is 19.9. The van der Waals surface area contributed by atoms with Gasteiger partial charge in [0, 0.05) is 19.7 Å². The van der Waals surface area contributed by atoms with Gasteiger partial charge in [0.05, 0.1) is 18.1 Å². The van der Waals surface area contributed by atoms with Crippen molar-refractivity contribution in [2.75, 3.05) is 26.8 Å². The molecule has 1 N–H and O–H groups in total. The molecule has 0 saturated heterocycles. The van der Waals surface area contributed by atoms with Crippen LogP contribution in [0.1, 0.15) is 13.3 Å². The molecule has 0 aliphatic carbocycles. The van der Waals surface area contributed by atoms with Crippen molar-refractivity contribution >= 4 is 15.7 Å². The van der Waals surface area contributed by atoms with Crippen molar-refractivity contribution in [3.8, 4) is 5.75 Å². The topological polar surface area (TPSA) is 110 Å². The van der Waals surface area contributed by atoms with Gasteiger partial charge < -0.3 is 9.84 Å². The van der Waals surface area contributed by atoms with E-state index in [1.54, 1.807) is 6.92 Å². The van der Waals surface area contributed by atoms with Gasteiger partial charge in [-0.1, -0.05) is 6.92 Å². The normalized spacial score (nSPS) is 11.6. The summed E-state index contributed by atoms with van der Waals surface area (Å²) in [5.74, 6) is 0.207. The Morgan fingerprint density at radius 3 is 2.57 bits per heavy atom. The van der Waals surface area contributed by atoms with Crippen LogP contribution >= 0.6 is 0 Å². The third kappa shape index (κ3) is 3.90. The van der Waals surface area contributed by atoms with Crippen LogP contribution < -0.4 is 4.74 Å². The second-order valence-electron chi connectivity index (χ2n) is 4.16. The number of aliphatic hydroxyl groups excluding tert-OH is 1. The maximum absolute atomic E-state index is 12.5. The van der Waals surface area contributed by atoms with Crippen LogP contribution in [0.5, 0.6) is 5.75 Å². The molecule has 0 aliphatic rings. The molecule has 0 amide bonds. The predicted molar refractivity (Wildman–Crippen MR) is 75.8 cm³/mol. The van der Waals surface area contributed by atoms with Crippen molar-refractivity contribution in [3.63, 3.8) is 0 Å². The molecular weight excluding hydrogens is 300 g/mol. The van der Waals surface area contributed by atoms with Gasteiger partial charge in [0.25, 0.3) is 5.69 Å². The standard InChI is InChI=1S/C12H18N2O6S/c1-3-13(7-4-8-15)21(18,19)12-6-5-10(20-2)9-11(12)14(16)17/h5-6,9,15H,3-4,7-8H2,1-2H3. The summed E-state index contributed by atoms with van der Waals surface area (Å²) in [6, 6.07) is 3.60. The molecule has 0 radical (unpaired) electrons. The fraction of sp³-hybridized carbons (Fsp3) is 0.500. The zero-order chi connectivity index (χ0) is 16.0. The lowest BCUT2D eigenvalue weighted by atomic mass is 10.3. The van der Waals surface area contributed by atoms with Gasteiger partial charge in [-0.05, 0) is 18.6 Å². The molecule has 21 heavy (non-hydrogen) atoms. The van der Waals surface area contributed by atoms with Gasteiger partial charge in [0.15, 0.2) is 4.90 Å². The number of nitro benzene ring substituents is 1. The first-order valence-corrected chi connectivity index (χ1v) is 7.76. The minimum atomic E-state index is -4.00. The van der Waals surface area contributed by atoms with Crippen LogP contribution in [-0.2, 0) is 10.0 Å². The average molecular weight is 318 g/mol. The minimum Gasteiger partial charge on any atom is -0.497 e. The number of rotatable bonds is 8. The number of hydrogen-bond donors (Lipinski definition) is 1. The Balaban J connectivity index is 3.32. The Hall–Kier alpha value is -1.71. The highest BCUT2D eigenvalue weighted by atomic mass is 32.2. The number of sulfonamides is 1. The van der Waals surface area contributed by atoms with Crippen LogP contribution in [0.4, 0.5) is 5.69 Å². The Morgan fingerprint density at radius 1 is 1.43 bits per heavy atom. The van der Waals surface area contributed by atoms with Crippen molar-refractivity contribution in [1.82, 2.24) is 4.31 Å². The number of methoxy groups -OCH3 is 1. The van der Waals surface area contributed by atoms with Crippen molar-refractivity contribution in [2.24, 2.45) is 0 Å². The van der Waals surface area contributed by atoms with Gasteiger partial charge in [-0.2, -0.15) is 4.31 Å². The molecule has 9 heteroatoms. The van der Waals surface area contributed by atoms with E-state index in [-0.39, 0.29) is 36.8 Å². The van der Waals surface area contributed by atoms with E-state index in [9.17, 15) is 18.5 Å². The molecule has 1 aromatic rings. The lowest BCUT2D eigenvalue weighted by Gasteiger charge is -2.20. The number of benzene rings is 1. The number of hydrogen-bond acceptors (Lipinski definition) is 6. The van der Waals surface area contributed by atoms with Gasteiger partial charge >= 0.3 is 0 Å². The molecule has 0 unspecified atom stereocenters. The van der Waals surface area contributed by atoms with Gasteiger partial charge in [0.2, 0.25) is 10.0 Å². The van der Waals surface area contributed by atoms with Gasteiger partial charge in [-0.3, -0.25) is 10.1 Å². The Bertz CT molecular complexity index is 602. The van der Waals surface area contributed by atoms with Crippen LogP contribution in [0, 0.1) is 10.1 Å². The third-order valence-electron chi connectivity index (χ3n) is 2.90. The van der Waals surface area contributed by atoms with E-state index in [0.717, 1.165) is 16.4 Å². The monoisotopic (exact) mass is 318 g/mol. The highest BCUT2D eigenvalue weighted by Gasteiger charge is 2.31. The quantitative estimate of drug-likeness (QED) is 0.565. The summed E-state index contributed by atoms with van der Waals surface area (Å²) < 4.78 is 31.0. The van der Waals surface area contributed by atoms with Crippen LogP contribution in [0.3, 0.4) is 0 Å². The molecule has 0 saturated carbocycles. The molecule has 0 fully saturated rings. The Labute approximate surface area is 123 Å². The van der Waals surface area contributed by atoms with Crippen molar-refractivity contribution in [2.45, 2.75) is 18.2 Å². The molecular formula is C12H18N2O6S. The lowest BCUT2D eigenvalue weighted by Crippen LogP contribution is -2.32. The molecule has 0 spiro atoms. The number of ether oxygens (including phenoxy) is 1. The Kier molecular flexibility index (Phi) is 6.06. The molecule has 0 aromatic heterocycles.